The van der Waals surface area contributed by atoms with E-state index in [4.69, 9.17) is 4.74 Å². The SMILES string of the molecule is CC(C)Oc1ccc(-n2c(C(=O)O)c(C(=O)O)c3cc(O)ccc32)cc1. The molecule has 0 aliphatic carbocycles. The van der Waals surface area contributed by atoms with Crippen molar-refractivity contribution in [2.45, 2.75) is 20.0 Å². The molecule has 0 unspecified atom stereocenters. The van der Waals surface area contributed by atoms with Crippen molar-refractivity contribution in [2.24, 2.45) is 0 Å². The number of carbonyl (C=O) groups is 2. The summed E-state index contributed by atoms with van der Waals surface area (Å²) < 4.78 is 6.92. The summed E-state index contributed by atoms with van der Waals surface area (Å²) in [6, 6.07) is 10.8. The van der Waals surface area contributed by atoms with E-state index in [0.717, 1.165) is 0 Å². The van der Waals surface area contributed by atoms with Gasteiger partial charge in [-0.25, -0.2) is 9.59 Å². The standard InChI is InChI=1S/C19H17NO6/c1-10(2)26-13-6-3-11(4-7-13)20-15-8-5-12(21)9-14(15)16(18(22)23)17(20)19(24)25/h3-10,21H,1-2H3,(H,22,23)(H,24,25). The molecule has 1 aromatic heterocycles. The van der Waals surface area contributed by atoms with Crippen LogP contribution in [0.5, 0.6) is 11.5 Å². The molecule has 0 fully saturated rings. The van der Waals surface area contributed by atoms with Gasteiger partial charge >= 0.3 is 11.9 Å². The van der Waals surface area contributed by atoms with Gasteiger partial charge in [-0.1, -0.05) is 0 Å². The van der Waals surface area contributed by atoms with Crippen molar-refractivity contribution in [1.29, 1.82) is 0 Å². The summed E-state index contributed by atoms with van der Waals surface area (Å²) in [5.41, 5.74) is 0.0957. The normalized spacial score (nSPS) is 11.0. The topological polar surface area (TPSA) is 109 Å². The minimum atomic E-state index is -1.38. The zero-order valence-corrected chi connectivity index (χ0v) is 14.1. The van der Waals surface area contributed by atoms with Crippen molar-refractivity contribution in [2.75, 3.05) is 0 Å². The molecule has 134 valence electrons. The number of nitrogens with zero attached hydrogens (tertiary/aromatic N) is 1. The Morgan fingerprint density at radius 3 is 2.19 bits per heavy atom. The number of phenols is 1. The van der Waals surface area contributed by atoms with Crippen LogP contribution in [0.4, 0.5) is 0 Å². The molecule has 3 rings (SSSR count). The van der Waals surface area contributed by atoms with Crippen LogP contribution in [-0.2, 0) is 0 Å². The number of rotatable bonds is 5. The average molecular weight is 355 g/mol. The van der Waals surface area contributed by atoms with Crippen molar-refractivity contribution in [1.82, 2.24) is 4.57 Å². The molecule has 0 bridgehead atoms. The molecule has 2 aromatic carbocycles. The fourth-order valence-corrected chi connectivity index (χ4v) is 2.91. The van der Waals surface area contributed by atoms with Crippen LogP contribution < -0.4 is 4.74 Å². The van der Waals surface area contributed by atoms with E-state index in [1.165, 1.54) is 22.8 Å². The smallest absolute Gasteiger partial charge is 0.353 e. The number of aromatic hydroxyl groups is 1. The van der Waals surface area contributed by atoms with E-state index in [0.29, 0.717) is 17.0 Å². The number of carboxylic acid groups (broad SMARTS) is 2. The van der Waals surface area contributed by atoms with Gasteiger partial charge in [0.1, 0.15) is 22.8 Å². The van der Waals surface area contributed by atoms with Gasteiger partial charge in [0.2, 0.25) is 0 Å². The second kappa shape index (κ2) is 6.44. The molecule has 0 atom stereocenters. The fraction of sp³-hybridized carbons (Fsp3) is 0.158. The van der Waals surface area contributed by atoms with Crippen molar-refractivity contribution in [3.63, 3.8) is 0 Å². The monoisotopic (exact) mass is 355 g/mol. The zero-order valence-electron chi connectivity index (χ0n) is 14.1. The highest BCUT2D eigenvalue weighted by Gasteiger charge is 2.27. The van der Waals surface area contributed by atoms with Gasteiger partial charge in [0.25, 0.3) is 0 Å². The van der Waals surface area contributed by atoms with Crippen LogP contribution in [-0.4, -0.2) is 37.9 Å². The van der Waals surface area contributed by atoms with Gasteiger partial charge in [-0.05, 0) is 56.3 Å². The third-order valence-corrected chi connectivity index (χ3v) is 3.83. The largest absolute Gasteiger partial charge is 0.508 e. The first kappa shape index (κ1) is 17.3. The van der Waals surface area contributed by atoms with E-state index in [1.807, 2.05) is 13.8 Å². The Bertz CT molecular complexity index is 1000. The molecule has 0 radical (unpaired) electrons. The van der Waals surface area contributed by atoms with Gasteiger partial charge in [-0.2, -0.15) is 0 Å². The van der Waals surface area contributed by atoms with Crippen molar-refractivity contribution >= 4 is 22.8 Å². The molecule has 0 saturated carbocycles. The molecule has 0 aliphatic heterocycles. The number of aromatic nitrogens is 1. The van der Waals surface area contributed by atoms with E-state index in [9.17, 15) is 24.9 Å². The highest BCUT2D eigenvalue weighted by Crippen LogP contribution is 2.32. The van der Waals surface area contributed by atoms with Gasteiger partial charge < -0.3 is 24.6 Å². The van der Waals surface area contributed by atoms with E-state index in [-0.39, 0.29) is 28.5 Å². The second-order valence-electron chi connectivity index (χ2n) is 6.03. The quantitative estimate of drug-likeness (QED) is 0.646. The zero-order chi connectivity index (χ0) is 19.0. The van der Waals surface area contributed by atoms with Crippen LogP contribution in [0.1, 0.15) is 34.7 Å². The Balaban J connectivity index is 2.29. The number of hydrogen-bond acceptors (Lipinski definition) is 4. The molecule has 7 nitrogen and oxygen atoms in total. The summed E-state index contributed by atoms with van der Waals surface area (Å²) in [6.07, 6.45) is -0.00979. The number of aromatic carboxylic acids is 2. The van der Waals surface area contributed by atoms with Crippen LogP contribution in [0.2, 0.25) is 0 Å². The van der Waals surface area contributed by atoms with Gasteiger partial charge in [0.15, 0.2) is 0 Å². The Morgan fingerprint density at radius 2 is 1.65 bits per heavy atom. The lowest BCUT2D eigenvalue weighted by atomic mass is 10.1. The summed E-state index contributed by atoms with van der Waals surface area (Å²) >= 11 is 0. The maximum Gasteiger partial charge on any atom is 0.353 e. The van der Waals surface area contributed by atoms with E-state index in [2.05, 4.69) is 0 Å². The van der Waals surface area contributed by atoms with Crippen LogP contribution in [0.3, 0.4) is 0 Å². The maximum atomic E-state index is 11.8. The first-order valence-electron chi connectivity index (χ1n) is 7.90. The molecule has 3 N–H and O–H groups in total. The summed E-state index contributed by atoms with van der Waals surface area (Å²) in [4.78, 5) is 23.5. The first-order chi connectivity index (χ1) is 12.3. The Labute approximate surface area is 148 Å². The van der Waals surface area contributed by atoms with Crippen LogP contribution in [0.25, 0.3) is 16.6 Å². The van der Waals surface area contributed by atoms with Gasteiger partial charge in [0, 0.05) is 11.1 Å². The van der Waals surface area contributed by atoms with Crippen LogP contribution in [0.15, 0.2) is 42.5 Å². The molecule has 0 aliphatic rings. The Morgan fingerprint density at radius 1 is 1.00 bits per heavy atom. The predicted molar refractivity (Wildman–Crippen MR) is 94.6 cm³/mol. The van der Waals surface area contributed by atoms with Crippen molar-refractivity contribution in [3.8, 4) is 17.2 Å². The Hall–Kier alpha value is -3.48. The number of fused-ring (bicyclic) bond motifs is 1. The lowest BCUT2D eigenvalue weighted by Crippen LogP contribution is -2.12. The van der Waals surface area contributed by atoms with E-state index >= 15 is 0 Å². The molecular formula is C19H17NO6. The highest BCUT2D eigenvalue weighted by molar-refractivity contribution is 6.13. The molecule has 1 heterocycles. The minimum absolute atomic E-state index is 0.00979. The average Bonchev–Trinajstić information content (AvgIpc) is 2.89. The summed E-state index contributed by atoms with van der Waals surface area (Å²) in [5.74, 6) is -2.28. The maximum absolute atomic E-state index is 11.8. The molecule has 0 amide bonds. The lowest BCUT2D eigenvalue weighted by Gasteiger charge is -2.12. The molecule has 0 saturated heterocycles. The third-order valence-electron chi connectivity index (χ3n) is 3.83. The lowest BCUT2D eigenvalue weighted by molar-refractivity contribution is 0.0647. The molecule has 26 heavy (non-hydrogen) atoms. The molecule has 3 aromatic rings. The van der Waals surface area contributed by atoms with Gasteiger partial charge in [0.05, 0.1) is 11.6 Å². The van der Waals surface area contributed by atoms with Crippen molar-refractivity contribution < 1.29 is 29.6 Å². The number of phenolic OH excluding ortho intramolecular Hbond substituents is 1. The number of ether oxygens (including phenoxy) is 1. The summed E-state index contributed by atoms with van der Waals surface area (Å²) in [5, 5.41) is 29.0. The van der Waals surface area contributed by atoms with Crippen LogP contribution in [0, 0.1) is 0 Å². The third kappa shape index (κ3) is 2.95. The Kier molecular flexibility index (Phi) is 4.29. The molecular weight excluding hydrogens is 338 g/mol. The first-order valence-corrected chi connectivity index (χ1v) is 7.90. The van der Waals surface area contributed by atoms with Crippen LogP contribution >= 0.6 is 0 Å². The van der Waals surface area contributed by atoms with E-state index < -0.39 is 11.9 Å². The fourth-order valence-electron chi connectivity index (χ4n) is 2.91. The highest BCUT2D eigenvalue weighted by atomic mass is 16.5. The summed E-state index contributed by atoms with van der Waals surface area (Å²) in [7, 11) is 0. The van der Waals surface area contributed by atoms with E-state index in [1.54, 1.807) is 24.3 Å². The molecule has 0 spiro atoms. The summed E-state index contributed by atoms with van der Waals surface area (Å²) in [6.45, 7) is 3.78. The molecule has 7 heteroatoms. The number of carboxylic acids is 2. The second-order valence-corrected chi connectivity index (χ2v) is 6.03. The van der Waals surface area contributed by atoms with Crippen molar-refractivity contribution in [3.05, 3.63) is 53.7 Å². The van der Waals surface area contributed by atoms with Gasteiger partial charge in [-0.3, -0.25) is 0 Å². The van der Waals surface area contributed by atoms with Gasteiger partial charge in [-0.15, -0.1) is 0 Å². The number of hydrogen-bond donors (Lipinski definition) is 3. The predicted octanol–water partition coefficient (Wildman–Crippen LogP) is 3.52. The number of benzene rings is 2. The minimum Gasteiger partial charge on any atom is -0.508 e.